The predicted octanol–water partition coefficient (Wildman–Crippen LogP) is 0.942. The van der Waals surface area contributed by atoms with Gasteiger partial charge in [-0.05, 0) is 18.2 Å². The highest BCUT2D eigenvalue weighted by molar-refractivity contribution is 7.92. The number of anilines is 2. The van der Waals surface area contributed by atoms with Crippen molar-refractivity contribution in [3.05, 3.63) is 36.4 Å². The molecule has 0 saturated heterocycles. The summed E-state index contributed by atoms with van der Waals surface area (Å²) < 4.78 is 40.3. The Hall–Kier alpha value is -2.09. The van der Waals surface area contributed by atoms with E-state index in [2.05, 4.69) is 9.82 Å². The van der Waals surface area contributed by atoms with Crippen molar-refractivity contribution in [2.24, 2.45) is 7.05 Å². The molecule has 0 amide bonds. The number of nitrogen functional groups attached to an aromatic ring is 1. The van der Waals surface area contributed by atoms with E-state index >= 15 is 0 Å². The fraction of sp³-hybridized carbons (Fsp3) is 0.100. The normalized spacial score (nSPS) is 11.4. The van der Waals surface area contributed by atoms with E-state index < -0.39 is 15.8 Å². The van der Waals surface area contributed by atoms with E-state index in [1.54, 1.807) is 7.05 Å². The number of benzene rings is 1. The summed E-state index contributed by atoms with van der Waals surface area (Å²) in [5.41, 5.74) is 5.67. The zero-order valence-electron chi connectivity index (χ0n) is 9.46. The first-order chi connectivity index (χ1) is 8.38. The fourth-order valence-corrected chi connectivity index (χ4v) is 2.44. The number of nitrogens with zero attached hydrogens (tertiary/aromatic N) is 2. The third kappa shape index (κ3) is 2.43. The lowest BCUT2D eigenvalue weighted by molar-refractivity contribution is 0.601. The van der Waals surface area contributed by atoms with Crippen LogP contribution in [-0.4, -0.2) is 18.2 Å². The van der Waals surface area contributed by atoms with Gasteiger partial charge in [0.15, 0.2) is 0 Å². The maximum atomic E-state index is 12.8. The lowest BCUT2D eigenvalue weighted by Gasteiger charge is -2.08. The first kappa shape index (κ1) is 12.4. The second-order valence-corrected chi connectivity index (χ2v) is 5.37. The van der Waals surface area contributed by atoms with Crippen molar-refractivity contribution in [3.63, 3.8) is 0 Å². The Morgan fingerprint density at radius 2 is 2.17 bits per heavy atom. The summed E-state index contributed by atoms with van der Waals surface area (Å²) in [7, 11) is -2.16. The Morgan fingerprint density at radius 3 is 2.72 bits per heavy atom. The van der Waals surface area contributed by atoms with Gasteiger partial charge in [-0.15, -0.1) is 0 Å². The van der Waals surface area contributed by atoms with E-state index in [0.29, 0.717) is 0 Å². The summed E-state index contributed by atoms with van der Waals surface area (Å²) in [6.45, 7) is 0. The quantitative estimate of drug-likeness (QED) is 0.812. The molecule has 0 fully saturated rings. The van der Waals surface area contributed by atoms with Gasteiger partial charge < -0.3 is 5.73 Å². The molecule has 2 aromatic rings. The van der Waals surface area contributed by atoms with Crippen LogP contribution in [0.2, 0.25) is 0 Å². The Kier molecular flexibility index (Phi) is 2.95. The van der Waals surface area contributed by atoms with E-state index in [-0.39, 0.29) is 16.3 Å². The summed E-state index contributed by atoms with van der Waals surface area (Å²) >= 11 is 0. The number of hydrogen-bond donors (Lipinski definition) is 2. The number of halogens is 1. The molecule has 0 aliphatic heterocycles. The molecule has 1 aromatic heterocycles. The van der Waals surface area contributed by atoms with Gasteiger partial charge in [-0.3, -0.25) is 9.40 Å². The van der Waals surface area contributed by atoms with Crippen LogP contribution in [0.15, 0.2) is 35.5 Å². The molecule has 0 unspecified atom stereocenters. The predicted molar refractivity (Wildman–Crippen MR) is 64.8 cm³/mol. The summed E-state index contributed by atoms with van der Waals surface area (Å²) in [4.78, 5) is 0.00808. The summed E-state index contributed by atoms with van der Waals surface area (Å²) in [6, 6.07) is 3.43. The lowest BCUT2D eigenvalue weighted by Crippen LogP contribution is -2.13. The SMILES string of the molecule is Cn1cc(S(=O)(=O)Nc2ccc(F)cc2N)cn1. The number of sulfonamides is 1. The highest BCUT2D eigenvalue weighted by Gasteiger charge is 2.17. The fourth-order valence-electron chi connectivity index (χ4n) is 1.37. The molecule has 0 saturated carbocycles. The van der Waals surface area contributed by atoms with Crippen LogP contribution in [0.25, 0.3) is 0 Å². The molecule has 0 aliphatic carbocycles. The van der Waals surface area contributed by atoms with Gasteiger partial charge in [0.05, 0.1) is 17.6 Å². The number of nitrogens with two attached hydrogens (primary N) is 1. The van der Waals surface area contributed by atoms with Gasteiger partial charge in [-0.2, -0.15) is 5.10 Å². The third-order valence-electron chi connectivity index (χ3n) is 2.25. The van der Waals surface area contributed by atoms with Gasteiger partial charge in [-0.1, -0.05) is 0 Å². The van der Waals surface area contributed by atoms with Crippen LogP contribution >= 0.6 is 0 Å². The maximum absolute atomic E-state index is 12.8. The van der Waals surface area contributed by atoms with Crippen LogP contribution in [0.1, 0.15) is 0 Å². The minimum Gasteiger partial charge on any atom is -0.397 e. The Bertz CT molecular complexity index is 681. The monoisotopic (exact) mass is 270 g/mol. The molecule has 96 valence electrons. The van der Waals surface area contributed by atoms with Crippen LogP contribution < -0.4 is 10.5 Å². The molecular weight excluding hydrogens is 259 g/mol. The maximum Gasteiger partial charge on any atom is 0.265 e. The van der Waals surface area contributed by atoms with E-state index in [1.165, 1.54) is 23.1 Å². The largest absolute Gasteiger partial charge is 0.397 e. The molecule has 0 radical (unpaired) electrons. The van der Waals surface area contributed by atoms with Gasteiger partial charge in [0.25, 0.3) is 10.0 Å². The highest BCUT2D eigenvalue weighted by atomic mass is 32.2. The molecular formula is C10H11FN4O2S. The van der Waals surface area contributed by atoms with Crippen molar-refractivity contribution in [1.29, 1.82) is 0 Å². The van der Waals surface area contributed by atoms with E-state index in [9.17, 15) is 12.8 Å². The molecule has 6 nitrogen and oxygen atoms in total. The lowest BCUT2D eigenvalue weighted by atomic mass is 10.3. The van der Waals surface area contributed by atoms with Crippen LogP contribution in [0.5, 0.6) is 0 Å². The number of aryl methyl sites for hydroxylation is 1. The summed E-state index contributed by atoms with van der Waals surface area (Å²) in [5.74, 6) is -0.531. The highest BCUT2D eigenvalue weighted by Crippen LogP contribution is 2.22. The van der Waals surface area contributed by atoms with E-state index in [1.807, 2.05) is 0 Å². The standard InChI is InChI=1S/C10H11FN4O2S/c1-15-6-8(5-13-15)18(16,17)14-10-3-2-7(11)4-9(10)12/h2-6,14H,12H2,1H3. The zero-order valence-corrected chi connectivity index (χ0v) is 10.3. The Balaban J connectivity index is 2.33. The summed E-state index contributed by atoms with van der Waals surface area (Å²) in [5, 5.41) is 3.77. The number of aromatic nitrogens is 2. The van der Waals surface area contributed by atoms with Gasteiger partial charge in [-0.25, -0.2) is 12.8 Å². The van der Waals surface area contributed by atoms with Crippen LogP contribution in [0, 0.1) is 5.82 Å². The first-order valence-electron chi connectivity index (χ1n) is 4.95. The Morgan fingerprint density at radius 1 is 1.44 bits per heavy atom. The molecule has 0 spiro atoms. The molecule has 3 N–H and O–H groups in total. The Labute approximate surface area is 103 Å². The van der Waals surface area contributed by atoms with E-state index in [0.717, 1.165) is 12.1 Å². The van der Waals surface area contributed by atoms with Crippen molar-refractivity contribution in [1.82, 2.24) is 9.78 Å². The van der Waals surface area contributed by atoms with Crippen molar-refractivity contribution >= 4 is 21.4 Å². The average molecular weight is 270 g/mol. The smallest absolute Gasteiger partial charge is 0.265 e. The second kappa shape index (κ2) is 4.30. The molecule has 2 rings (SSSR count). The molecule has 18 heavy (non-hydrogen) atoms. The minimum absolute atomic E-state index is 0.00808. The number of rotatable bonds is 3. The second-order valence-electron chi connectivity index (χ2n) is 3.69. The average Bonchev–Trinajstić information content (AvgIpc) is 2.70. The topological polar surface area (TPSA) is 90.0 Å². The van der Waals surface area contributed by atoms with Crippen molar-refractivity contribution in [2.45, 2.75) is 4.90 Å². The summed E-state index contributed by atoms with van der Waals surface area (Å²) in [6.07, 6.45) is 2.56. The number of hydrogen-bond acceptors (Lipinski definition) is 4. The van der Waals surface area contributed by atoms with Crippen LogP contribution in [0.4, 0.5) is 15.8 Å². The first-order valence-corrected chi connectivity index (χ1v) is 6.43. The molecule has 8 heteroatoms. The molecule has 0 bridgehead atoms. The van der Waals surface area contributed by atoms with Crippen LogP contribution in [0.3, 0.4) is 0 Å². The van der Waals surface area contributed by atoms with Gasteiger partial charge in [0, 0.05) is 13.2 Å². The van der Waals surface area contributed by atoms with Gasteiger partial charge in [0.1, 0.15) is 10.7 Å². The molecule has 1 aromatic carbocycles. The van der Waals surface area contributed by atoms with Gasteiger partial charge in [0.2, 0.25) is 0 Å². The molecule has 0 atom stereocenters. The number of nitrogens with one attached hydrogen (secondary N) is 1. The van der Waals surface area contributed by atoms with Crippen molar-refractivity contribution < 1.29 is 12.8 Å². The van der Waals surface area contributed by atoms with Crippen LogP contribution in [-0.2, 0) is 17.1 Å². The van der Waals surface area contributed by atoms with Crippen molar-refractivity contribution in [2.75, 3.05) is 10.5 Å². The third-order valence-corrected chi connectivity index (χ3v) is 3.57. The zero-order chi connectivity index (χ0) is 13.3. The van der Waals surface area contributed by atoms with Gasteiger partial charge >= 0.3 is 0 Å². The molecule has 1 heterocycles. The minimum atomic E-state index is -3.76. The molecule has 0 aliphatic rings. The van der Waals surface area contributed by atoms with Crippen molar-refractivity contribution in [3.8, 4) is 0 Å². The van der Waals surface area contributed by atoms with E-state index in [4.69, 9.17) is 5.73 Å².